The van der Waals surface area contributed by atoms with Gasteiger partial charge in [0, 0.05) is 4.47 Å². The van der Waals surface area contributed by atoms with Gasteiger partial charge in [-0.15, -0.1) is 0 Å². The molecular formula is C15H17BrN2O2S. The van der Waals surface area contributed by atoms with Gasteiger partial charge in [-0.3, -0.25) is 4.72 Å². The maximum atomic E-state index is 12.5. The van der Waals surface area contributed by atoms with Crippen LogP contribution in [0.4, 0.5) is 11.4 Å². The molecule has 0 bridgehead atoms. The molecule has 0 radical (unpaired) electrons. The minimum Gasteiger partial charge on any atom is -0.398 e. The van der Waals surface area contributed by atoms with Gasteiger partial charge in [-0.25, -0.2) is 8.42 Å². The molecule has 21 heavy (non-hydrogen) atoms. The maximum Gasteiger partial charge on any atom is 0.263 e. The monoisotopic (exact) mass is 368 g/mol. The fraction of sp³-hybridized carbons (Fsp3) is 0.200. The van der Waals surface area contributed by atoms with E-state index in [-0.39, 0.29) is 10.6 Å². The second-order valence-corrected chi connectivity index (χ2v) is 7.32. The number of benzene rings is 2. The van der Waals surface area contributed by atoms with Crippen molar-refractivity contribution < 1.29 is 8.42 Å². The van der Waals surface area contributed by atoms with Crippen LogP contribution in [0.3, 0.4) is 0 Å². The molecule has 0 aliphatic rings. The average Bonchev–Trinajstić information content (AvgIpc) is 2.40. The zero-order valence-electron chi connectivity index (χ0n) is 11.9. The molecule has 2 rings (SSSR count). The highest BCUT2D eigenvalue weighted by atomic mass is 79.9. The maximum absolute atomic E-state index is 12.5. The second kappa shape index (κ2) is 6.07. The van der Waals surface area contributed by atoms with Crippen LogP contribution in [0.25, 0.3) is 0 Å². The average molecular weight is 369 g/mol. The van der Waals surface area contributed by atoms with Gasteiger partial charge < -0.3 is 5.73 Å². The van der Waals surface area contributed by atoms with Crippen molar-refractivity contribution in [1.29, 1.82) is 0 Å². The van der Waals surface area contributed by atoms with E-state index < -0.39 is 10.0 Å². The Balaban J connectivity index is 2.47. The van der Waals surface area contributed by atoms with E-state index in [9.17, 15) is 8.42 Å². The normalized spacial score (nSPS) is 11.4. The molecule has 4 nitrogen and oxygen atoms in total. The predicted octanol–water partition coefficient (Wildman–Crippen LogP) is 3.70. The topological polar surface area (TPSA) is 72.2 Å². The molecule has 6 heteroatoms. The molecule has 0 saturated carbocycles. The third-order valence-electron chi connectivity index (χ3n) is 3.24. The van der Waals surface area contributed by atoms with E-state index in [2.05, 4.69) is 20.7 Å². The van der Waals surface area contributed by atoms with Crippen molar-refractivity contribution in [3.05, 3.63) is 52.0 Å². The van der Waals surface area contributed by atoms with Crippen molar-refractivity contribution in [2.24, 2.45) is 0 Å². The lowest BCUT2D eigenvalue weighted by atomic mass is 10.1. The Morgan fingerprint density at radius 1 is 1.24 bits per heavy atom. The number of sulfonamides is 1. The van der Waals surface area contributed by atoms with E-state index in [1.807, 2.05) is 32.0 Å². The number of halogens is 1. The van der Waals surface area contributed by atoms with E-state index in [1.165, 1.54) is 6.07 Å². The molecule has 0 aromatic heterocycles. The summed E-state index contributed by atoms with van der Waals surface area (Å²) in [5, 5.41) is 0. The molecular weight excluding hydrogens is 352 g/mol. The molecule has 0 aliphatic heterocycles. The van der Waals surface area contributed by atoms with Gasteiger partial charge in [0.1, 0.15) is 4.90 Å². The lowest BCUT2D eigenvalue weighted by Gasteiger charge is -2.15. The summed E-state index contributed by atoms with van der Waals surface area (Å²) in [7, 11) is -3.71. The summed E-state index contributed by atoms with van der Waals surface area (Å²) in [6, 6.07) is 10.4. The van der Waals surface area contributed by atoms with Crippen LogP contribution < -0.4 is 10.5 Å². The largest absolute Gasteiger partial charge is 0.398 e. The molecule has 0 fully saturated rings. The van der Waals surface area contributed by atoms with Crippen molar-refractivity contribution in [3.8, 4) is 0 Å². The Morgan fingerprint density at radius 2 is 1.95 bits per heavy atom. The van der Waals surface area contributed by atoms with E-state index in [0.29, 0.717) is 5.69 Å². The van der Waals surface area contributed by atoms with Crippen molar-refractivity contribution in [2.45, 2.75) is 25.2 Å². The third-order valence-corrected chi connectivity index (χ3v) is 5.15. The lowest BCUT2D eigenvalue weighted by molar-refractivity contribution is 0.601. The summed E-state index contributed by atoms with van der Waals surface area (Å²) in [4.78, 5) is 0.0796. The first-order chi connectivity index (χ1) is 9.85. The number of hydrogen-bond donors (Lipinski definition) is 2. The standard InChI is InChI=1S/C15H17BrN2O2S/c1-3-11-6-4-5-10(2)15(11)18-21(19,20)14-8-7-12(16)9-13(14)17/h4-9,18H,3,17H2,1-2H3. The third kappa shape index (κ3) is 3.39. The fourth-order valence-corrected chi connectivity index (χ4v) is 3.79. The molecule has 0 heterocycles. The van der Waals surface area contributed by atoms with Crippen molar-refractivity contribution in [2.75, 3.05) is 10.5 Å². The smallest absolute Gasteiger partial charge is 0.263 e. The molecule has 0 saturated heterocycles. The molecule has 0 aliphatic carbocycles. The van der Waals surface area contributed by atoms with Gasteiger partial charge in [-0.2, -0.15) is 0 Å². The van der Waals surface area contributed by atoms with Gasteiger partial charge in [-0.1, -0.05) is 41.1 Å². The van der Waals surface area contributed by atoms with Crippen LogP contribution in [-0.4, -0.2) is 8.42 Å². The Labute approximate surface area is 133 Å². The molecule has 2 aromatic carbocycles. The summed E-state index contributed by atoms with van der Waals surface area (Å²) < 4.78 is 28.5. The van der Waals surface area contributed by atoms with Gasteiger partial charge in [0.15, 0.2) is 0 Å². The number of nitrogen functional groups attached to an aromatic ring is 1. The van der Waals surface area contributed by atoms with Crippen LogP contribution in [0.2, 0.25) is 0 Å². The number of rotatable bonds is 4. The van der Waals surface area contributed by atoms with Gasteiger partial charge in [0.25, 0.3) is 10.0 Å². The minimum absolute atomic E-state index is 0.0796. The van der Waals surface area contributed by atoms with Gasteiger partial charge >= 0.3 is 0 Å². The van der Waals surface area contributed by atoms with Crippen LogP contribution in [0, 0.1) is 6.92 Å². The first kappa shape index (κ1) is 15.9. The summed E-state index contributed by atoms with van der Waals surface area (Å²) in [5.41, 5.74) is 8.50. The Bertz CT molecular complexity index is 773. The highest BCUT2D eigenvalue weighted by Gasteiger charge is 2.19. The van der Waals surface area contributed by atoms with E-state index in [1.54, 1.807) is 12.1 Å². The molecule has 3 N–H and O–H groups in total. The van der Waals surface area contributed by atoms with Crippen LogP contribution in [0.5, 0.6) is 0 Å². The van der Waals surface area contributed by atoms with Gasteiger partial charge in [0.2, 0.25) is 0 Å². The lowest BCUT2D eigenvalue weighted by Crippen LogP contribution is -2.16. The van der Waals surface area contributed by atoms with Crippen LogP contribution in [-0.2, 0) is 16.4 Å². The Kier molecular flexibility index (Phi) is 4.58. The first-order valence-electron chi connectivity index (χ1n) is 6.51. The van der Waals surface area contributed by atoms with Crippen molar-refractivity contribution in [3.63, 3.8) is 0 Å². The Morgan fingerprint density at radius 3 is 2.57 bits per heavy atom. The number of para-hydroxylation sites is 1. The van der Waals surface area contributed by atoms with E-state index in [4.69, 9.17) is 5.73 Å². The van der Waals surface area contributed by atoms with Crippen molar-refractivity contribution >= 4 is 37.3 Å². The number of nitrogens with two attached hydrogens (primary N) is 1. The van der Waals surface area contributed by atoms with Crippen LogP contribution in [0.1, 0.15) is 18.1 Å². The zero-order valence-corrected chi connectivity index (χ0v) is 14.3. The molecule has 0 spiro atoms. The number of nitrogens with one attached hydrogen (secondary N) is 1. The SMILES string of the molecule is CCc1cccc(C)c1NS(=O)(=O)c1ccc(Br)cc1N. The summed E-state index contributed by atoms with van der Waals surface area (Å²) >= 11 is 3.27. The number of hydrogen-bond acceptors (Lipinski definition) is 3. The highest BCUT2D eigenvalue weighted by Crippen LogP contribution is 2.28. The molecule has 2 aromatic rings. The first-order valence-corrected chi connectivity index (χ1v) is 8.79. The number of anilines is 2. The molecule has 0 atom stereocenters. The number of aryl methyl sites for hydroxylation is 2. The van der Waals surface area contributed by atoms with Crippen molar-refractivity contribution in [1.82, 2.24) is 0 Å². The molecule has 0 unspecified atom stereocenters. The van der Waals surface area contributed by atoms with Crippen LogP contribution in [0.15, 0.2) is 45.8 Å². The second-order valence-electron chi connectivity index (χ2n) is 4.75. The summed E-state index contributed by atoms with van der Waals surface area (Å²) in [6.45, 7) is 3.86. The molecule has 0 amide bonds. The fourth-order valence-electron chi connectivity index (χ4n) is 2.12. The predicted molar refractivity (Wildman–Crippen MR) is 89.9 cm³/mol. The quantitative estimate of drug-likeness (QED) is 0.808. The Hall–Kier alpha value is -1.53. The summed E-state index contributed by atoms with van der Waals surface area (Å²) in [5.74, 6) is 0. The van der Waals surface area contributed by atoms with E-state index >= 15 is 0 Å². The van der Waals surface area contributed by atoms with Gasteiger partial charge in [0.05, 0.1) is 11.4 Å². The molecule has 112 valence electrons. The zero-order chi connectivity index (χ0) is 15.6. The van der Waals surface area contributed by atoms with Crippen LogP contribution >= 0.6 is 15.9 Å². The van der Waals surface area contributed by atoms with E-state index in [0.717, 1.165) is 22.0 Å². The van der Waals surface area contributed by atoms with Gasteiger partial charge in [-0.05, 0) is 42.7 Å². The highest BCUT2D eigenvalue weighted by molar-refractivity contribution is 9.10. The minimum atomic E-state index is -3.71. The summed E-state index contributed by atoms with van der Waals surface area (Å²) in [6.07, 6.45) is 0.745.